The summed E-state index contributed by atoms with van der Waals surface area (Å²) in [5.74, 6) is 0.973. The number of aromatic nitrogens is 1. The Bertz CT molecular complexity index is 463. The maximum Gasteiger partial charge on any atom is 0.186 e. The van der Waals surface area contributed by atoms with E-state index in [1.807, 2.05) is 0 Å². The molecule has 0 aromatic carbocycles. The Morgan fingerprint density at radius 3 is 2.52 bits per heavy atom. The van der Waals surface area contributed by atoms with Crippen molar-refractivity contribution in [2.24, 2.45) is 5.92 Å². The quantitative estimate of drug-likeness (QED) is 0.673. The van der Waals surface area contributed by atoms with Gasteiger partial charge in [-0.25, -0.2) is 4.98 Å². The van der Waals surface area contributed by atoms with Gasteiger partial charge in [0.15, 0.2) is 11.4 Å². The van der Waals surface area contributed by atoms with E-state index in [2.05, 4.69) is 32.6 Å². The number of hydrogen-bond donors (Lipinski definition) is 0. The van der Waals surface area contributed by atoms with Gasteiger partial charge in [-0.15, -0.1) is 0 Å². The van der Waals surface area contributed by atoms with Gasteiger partial charge in [0, 0.05) is 12.6 Å². The predicted molar refractivity (Wildman–Crippen MR) is 90.6 cm³/mol. The monoisotopic (exact) mass is 308 g/mol. The molecule has 0 spiro atoms. The first-order valence-corrected chi connectivity index (χ1v) is 9.11. The van der Waals surface area contributed by atoms with Gasteiger partial charge in [-0.2, -0.15) is 0 Å². The van der Waals surface area contributed by atoms with Gasteiger partial charge in [0.1, 0.15) is 0 Å². The van der Waals surface area contributed by atoms with E-state index in [1.165, 1.54) is 25.7 Å². The SMILES string of the molecule is CCC(C)c1nc(N(CC(C)C)C2CCCC2)sc1C=O. The Kier molecular flexibility index (Phi) is 5.80. The molecule has 1 aliphatic carbocycles. The third kappa shape index (κ3) is 3.85. The molecule has 4 heteroatoms. The standard InChI is InChI=1S/C17H28N2OS/c1-5-13(4)16-15(11-20)21-17(18-16)19(10-12(2)3)14-8-6-7-9-14/h11-14H,5-10H2,1-4H3. The van der Waals surface area contributed by atoms with Gasteiger partial charge in [0.2, 0.25) is 0 Å². The summed E-state index contributed by atoms with van der Waals surface area (Å²) in [5, 5.41) is 1.06. The molecule has 0 aliphatic heterocycles. The van der Waals surface area contributed by atoms with Crippen LogP contribution in [-0.2, 0) is 0 Å². The van der Waals surface area contributed by atoms with Crippen LogP contribution < -0.4 is 4.90 Å². The molecule has 1 aromatic rings. The van der Waals surface area contributed by atoms with Gasteiger partial charge in [0.05, 0.1) is 10.6 Å². The van der Waals surface area contributed by atoms with Crippen molar-refractivity contribution < 1.29 is 4.79 Å². The number of nitrogens with zero attached hydrogens (tertiary/aromatic N) is 2. The summed E-state index contributed by atoms with van der Waals surface area (Å²) in [6.07, 6.45) is 7.19. The molecular formula is C17H28N2OS. The first-order chi connectivity index (χ1) is 10.1. The maximum absolute atomic E-state index is 11.4. The van der Waals surface area contributed by atoms with Crippen LogP contribution in [-0.4, -0.2) is 23.9 Å². The molecule has 0 amide bonds. The molecule has 1 atom stereocenters. The molecular weight excluding hydrogens is 280 g/mol. The zero-order valence-electron chi connectivity index (χ0n) is 13.8. The first kappa shape index (κ1) is 16.5. The molecule has 0 N–H and O–H groups in total. The molecule has 1 fully saturated rings. The Morgan fingerprint density at radius 2 is 2.00 bits per heavy atom. The van der Waals surface area contributed by atoms with Crippen molar-refractivity contribution in [3.05, 3.63) is 10.6 Å². The molecule has 0 saturated heterocycles. The van der Waals surface area contributed by atoms with E-state index < -0.39 is 0 Å². The van der Waals surface area contributed by atoms with Crippen LogP contribution in [0.2, 0.25) is 0 Å². The fourth-order valence-electron chi connectivity index (χ4n) is 3.08. The molecule has 1 aliphatic rings. The molecule has 118 valence electrons. The van der Waals surface area contributed by atoms with Crippen molar-refractivity contribution in [2.75, 3.05) is 11.4 Å². The summed E-state index contributed by atoms with van der Waals surface area (Å²) in [7, 11) is 0. The molecule has 1 aromatic heterocycles. The molecule has 21 heavy (non-hydrogen) atoms. The summed E-state index contributed by atoms with van der Waals surface area (Å²) >= 11 is 1.59. The summed E-state index contributed by atoms with van der Waals surface area (Å²) in [4.78, 5) is 19.5. The third-order valence-corrected chi connectivity index (χ3v) is 5.46. The summed E-state index contributed by atoms with van der Waals surface area (Å²) in [6.45, 7) is 9.86. The topological polar surface area (TPSA) is 33.2 Å². The summed E-state index contributed by atoms with van der Waals surface area (Å²) < 4.78 is 0. The first-order valence-electron chi connectivity index (χ1n) is 8.29. The fraction of sp³-hybridized carbons (Fsp3) is 0.765. The van der Waals surface area contributed by atoms with Gasteiger partial charge in [0.25, 0.3) is 0 Å². The second kappa shape index (κ2) is 7.39. The van der Waals surface area contributed by atoms with Crippen molar-refractivity contribution >= 4 is 22.8 Å². The largest absolute Gasteiger partial charge is 0.345 e. The Balaban J connectivity index is 2.30. The molecule has 3 nitrogen and oxygen atoms in total. The van der Waals surface area contributed by atoms with Crippen LogP contribution in [0.1, 0.15) is 81.1 Å². The highest BCUT2D eigenvalue weighted by molar-refractivity contribution is 7.17. The lowest BCUT2D eigenvalue weighted by Gasteiger charge is -2.30. The average molecular weight is 308 g/mol. The molecule has 1 saturated carbocycles. The van der Waals surface area contributed by atoms with E-state index in [1.54, 1.807) is 11.3 Å². The van der Waals surface area contributed by atoms with Crippen LogP contribution in [0.4, 0.5) is 5.13 Å². The summed E-state index contributed by atoms with van der Waals surface area (Å²) in [5.41, 5.74) is 0.999. The number of thiazole rings is 1. The molecule has 1 unspecified atom stereocenters. The van der Waals surface area contributed by atoms with Crippen molar-refractivity contribution in [3.63, 3.8) is 0 Å². The van der Waals surface area contributed by atoms with Gasteiger partial charge in [-0.3, -0.25) is 4.79 Å². The maximum atomic E-state index is 11.4. The Morgan fingerprint density at radius 1 is 1.33 bits per heavy atom. The van der Waals surface area contributed by atoms with Crippen molar-refractivity contribution in [3.8, 4) is 0 Å². The van der Waals surface area contributed by atoms with E-state index in [0.717, 1.165) is 35.0 Å². The van der Waals surface area contributed by atoms with E-state index in [-0.39, 0.29) is 0 Å². The van der Waals surface area contributed by atoms with Gasteiger partial charge >= 0.3 is 0 Å². The predicted octanol–water partition coefficient (Wildman–Crippen LogP) is 4.87. The average Bonchev–Trinajstić information content (AvgIpc) is 3.12. The minimum atomic E-state index is 0.361. The minimum absolute atomic E-state index is 0.361. The van der Waals surface area contributed by atoms with Gasteiger partial charge < -0.3 is 4.90 Å². The second-order valence-electron chi connectivity index (χ2n) is 6.66. The van der Waals surface area contributed by atoms with E-state index in [9.17, 15) is 4.79 Å². The molecule has 0 bridgehead atoms. The highest BCUT2D eigenvalue weighted by atomic mass is 32.1. The van der Waals surface area contributed by atoms with Crippen LogP contribution in [0.15, 0.2) is 0 Å². The number of rotatable bonds is 7. The van der Waals surface area contributed by atoms with E-state index in [0.29, 0.717) is 17.9 Å². The van der Waals surface area contributed by atoms with Crippen LogP contribution in [0, 0.1) is 5.92 Å². The zero-order chi connectivity index (χ0) is 15.4. The normalized spacial score (nSPS) is 17.4. The van der Waals surface area contributed by atoms with Crippen LogP contribution in [0.3, 0.4) is 0 Å². The Labute approximate surface area is 132 Å². The van der Waals surface area contributed by atoms with E-state index in [4.69, 9.17) is 4.98 Å². The number of hydrogen-bond acceptors (Lipinski definition) is 4. The molecule has 2 rings (SSSR count). The lowest BCUT2D eigenvalue weighted by Crippen LogP contribution is -2.36. The number of aldehydes is 1. The number of anilines is 1. The van der Waals surface area contributed by atoms with Crippen molar-refractivity contribution in [1.29, 1.82) is 0 Å². The number of carbonyl (C=O) groups is 1. The lowest BCUT2D eigenvalue weighted by atomic mass is 10.0. The van der Waals surface area contributed by atoms with Crippen LogP contribution >= 0.6 is 11.3 Å². The van der Waals surface area contributed by atoms with Gasteiger partial charge in [-0.05, 0) is 31.1 Å². The minimum Gasteiger partial charge on any atom is -0.345 e. The van der Waals surface area contributed by atoms with Gasteiger partial charge in [-0.1, -0.05) is 51.9 Å². The smallest absolute Gasteiger partial charge is 0.186 e. The number of carbonyl (C=O) groups excluding carboxylic acids is 1. The highest BCUT2D eigenvalue weighted by Crippen LogP contribution is 2.35. The molecule has 0 radical (unpaired) electrons. The highest BCUT2D eigenvalue weighted by Gasteiger charge is 2.27. The van der Waals surface area contributed by atoms with Crippen molar-refractivity contribution in [2.45, 2.75) is 71.8 Å². The second-order valence-corrected chi connectivity index (χ2v) is 7.67. The fourth-order valence-corrected chi connectivity index (χ4v) is 4.16. The van der Waals surface area contributed by atoms with Crippen LogP contribution in [0.5, 0.6) is 0 Å². The Hall–Kier alpha value is -0.900. The van der Waals surface area contributed by atoms with Crippen molar-refractivity contribution in [1.82, 2.24) is 4.98 Å². The van der Waals surface area contributed by atoms with E-state index >= 15 is 0 Å². The zero-order valence-corrected chi connectivity index (χ0v) is 14.6. The summed E-state index contributed by atoms with van der Waals surface area (Å²) in [6, 6.07) is 0.614. The van der Waals surface area contributed by atoms with Crippen LogP contribution in [0.25, 0.3) is 0 Å². The lowest BCUT2D eigenvalue weighted by molar-refractivity contribution is 0.112. The molecule has 1 heterocycles. The third-order valence-electron chi connectivity index (χ3n) is 4.43.